The van der Waals surface area contributed by atoms with Crippen LogP contribution in [0.4, 0.5) is 0 Å². The number of carbonyl (C=O) groups excluding carboxylic acids is 1. The van der Waals surface area contributed by atoms with E-state index in [0.29, 0.717) is 18.0 Å². The molecule has 0 aromatic heterocycles. The summed E-state index contributed by atoms with van der Waals surface area (Å²) in [5.41, 5.74) is 0.703. The number of phenolic OH excluding ortho intramolecular Hbond substituents is 1. The number of carbonyl (C=O) groups is 1. The summed E-state index contributed by atoms with van der Waals surface area (Å²) in [7, 11) is 5.32. The van der Waals surface area contributed by atoms with E-state index in [0.717, 1.165) is 6.54 Å². The van der Waals surface area contributed by atoms with E-state index < -0.39 is 0 Å². The zero-order valence-electron chi connectivity index (χ0n) is 13.2. The summed E-state index contributed by atoms with van der Waals surface area (Å²) in [5, 5.41) is 12.8. The summed E-state index contributed by atoms with van der Waals surface area (Å²) >= 11 is 0. The molecule has 0 saturated carbocycles. The van der Waals surface area contributed by atoms with Crippen LogP contribution in [0, 0.1) is 0 Å². The second-order valence-corrected chi connectivity index (χ2v) is 4.33. The van der Waals surface area contributed by atoms with Crippen LogP contribution < -0.4 is 0 Å². The molecule has 0 aliphatic rings. The van der Waals surface area contributed by atoms with E-state index >= 15 is 0 Å². The fourth-order valence-corrected chi connectivity index (χ4v) is 1.13. The van der Waals surface area contributed by atoms with Gasteiger partial charge in [0, 0.05) is 6.08 Å². The van der Waals surface area contributed by atoms with Gasteiger partial charge in [0.1, 0.15) is 5.75 Å². The molecule has 1 aromatic rings. The molecule has 1 aromatic carbocycles. The maximum atomic E-state index is 10.8. The van der Waals surface area contributed by atoms with Gasteiger partial charge in [-0.25, -0.2) is 4.79 Å². The van der Waals surface area contributed by atoms with Gasteiger partial charge in [-0.15, -0.1) is 6.54 Å². The molecule has 6 heteroatoms. The minimum Gasteiger partial charge on any atom is -0.687 e. The van der Waals surface area contributed by atoms with E-state index in [1.807, 2.05) is 25.1 Å². The number of para-hydroxylation sites is 1. The first-order chi connectivity index (χ1) is 9.45. The average molecular weight is 345 g/mol. The molecule has 0 aliphatic carbocycles. The van der Waals surface area contributed by atoms with Gasteiger partial charge in [0.25, 0.3) is 0 Å². The van der Waals surface area contributed by atoms with Crippen molar-refractivity contribution >= 4 is 5.97 Å². The van der Waals surface area contributed by atoms with Gasteiger partial charge in [-0.2, -0.15) is 5.70 Å². The smallest absolute Gasteiger partial charge is 0.687 e. The van der Waals surface area contributed by atoms with Crippen LogP contribution in [0.25, 0.3) is 5.32 Å². The predicted octanol–water partition coefficient (Wildman–Crippen LogP) is 2.39. The number of esters is 1. The molecule has 0 aliphatic heterocycles. The molecule has 0 atom stereocenters. The van der Waals surface area contributed by atoms with Crippen molar-refractivity contribution in [3.8, 4) is 5.75 Å². The Balaban J connectivity index is 0. The number of allylic oxidation sites excluding steroid dienone is 1. The number of hydrogen-bond acceptors (Lipinski definition) is 4. The molecule has 21 heavy (non-hydrogen) atoms. The molecule has 1 N–H and O–H groups in total. The third-order valence-electron chi connectivity index (χ3n) is 2.19. The normalized spacial score (nSPS) is 10.0. The number of phenols is 1. The third kappa shape index (κ3) is 14.8. The Morgan fingerprint density at radius 3 is 2.29 bits per heavy atom. The largest absolute Gasteiger partial charge is 2.00 e. The van der Waals surface area contributed by atoms with E-state index in [9.17, 15) is 4.79 Å². The number of aromatic hydroxyl groups is 1. The van der Waals surface area contributed by atoms with Gasteiger partial charge < -0.3 is 20.1 Å². The van der Waals surface area contributed by atoms with Gasteiger partial charge in [-0.1, -0.05) is 25.1 Å². The monoisotopic (exact) mass is 343 g/mol. The molecule has 1 rings (SSSR count). The van der Waals surface area contributed by atoms with Gasteiger partial charge in [0.15, 0.2) is 0 Å². The molecule has 0 amide bonds. The molecule has 0 heterocycles. The summed E-state index contributed by atoms with van der Waals surface area (Å²) in [4.78, 5) is 12.8. The number of nitrogens with zero attached hydrogens (tertiary/aromatic N) is 2. The Labute approximate surface area is 139 Å². The molecule has 0 saturated heterocycles. The molecule has 0 spiro atoms. The van der Waals surface area contributed by atoms with E-state index in [-0.39, 0.29) is 25.4 Å². The number of ether oxygens (including phenoxy) is 1. The van der Waals surface area contributed by atoms with Crippen molar-refractivity contribution in [2.24, 2.45) is 0 Å². The van der Waals surface area contributed by atoms with Gasteiger partial charge in [-0.3, -0.25) is 0 Å². The number of rotatable bonds is 5. The Morgan fingerprint density at radius 1 is 1.33 bits per heavy atom. The van der Waals surface area contributed by atoms with Crippen molar-refractivity contribution in [2.45, 2.75) is 6.92 Å². The number of methoxy groups -OCH3 is 1. The fraction of sp³-hybridized carbons (Fsp3) is 0.400. The summed E-state index contributed by atoms with van der Waals surface area (Å²) in [5.74, 6) is -0.0337. The SMILES string of the molecule is COC(=O)C=C(C)[N-]CCN(C)C.Oc1ccccc1.[Zn+2]. The molecule has 0 unspecified atom stereocenters. The maximum absolute atomic E-state index is 10.8. The predicted molar refractivity (Wildman–Crippen MR) is 80.7 cm³/mol. The van der Waals surface area contributed by atoms with Gasteiger partial charge in [-0.05, 0) is 32.8 Å². The topological polar surface area (TPSA) is 63.9 Å². The quantitative estimate of drug-likeness (QED) is 0.506. The van der Waals surface area contributed by atoms with E-state index in [1.165, 1.54) is 13.2 Å². The molecule has 0 radical (unpaired) electrons. The van der Waals surface area contributed by atoms with Crippen LogP contribution in [0.5, 0.6) is 5.75 Å². The zero-order valence-corrected chi connectivity index (χ0v) is 16.2. The summed E-state index contributed by atoms with van der Waals surface area (Å²) in [6.45, 7) is 3.37. The first kappa shape index (κ1) is 21.9. The molecular formula is C15H23N2O3Zn+. The van der Waals surface area contributed by atoms with Crippen molar-refractivity contribution in [3.05, 3.63) is 47.4 Å². The third-order valence-corrected chi connectivity index (χ3v) is 2.19. The van der Waals surface area contributed by atoms with Crippen molar-refractivity contribution in [2.75, 3.05) is 34.3 Å². The Bertz CT molecular complexity index is 409. The second kappa shape index (κ2) is 13.6. The molecular weight excluding hydrogens is 322 g/mol. The van der Waals surface area contributed by atoms with Crippen molar-refractivity contribution in [1.29, 1.82) is 0 Å². The zero-order chi connectivity index (χ0) is 15.4. The van der Waals surface area contributed by atoms with Crippen LogP contribution in [0.2, 0.25) is 0 Å². The van der Waals surface area contributed by atoms with Gasteiger partial charge in [0.2, 0.25) is 0 Å². The summed E-state index contributed by atoms with van der Waals surface area (Å²) < 4.78 is 4.46. The van der Waals surface area contributed by atoms with Crippen molar-refractivity contribution in [1.82, 2.24) is 4.90 Å². The van der Waals surface area contributed by atoms with Crippen LogP contribution in [0.15, 0.2) is 42.1 Å². The molecule has 0 fully saturated rings. The summed E-state index contributed by atoms with van der Waals surface area (Å²) in [6.07, 6.45) is 1.38. The van der Waals surface area contributed by atoms with Crippen LogP contribution in [0.1, 0.15) is 6.92 Å². The van der Waals surface area contributed by atoms with Crippen LogP contribution in [-0.4, -0.2) is 50.3 Å². The van der Waals surface area contributed by atoms with Crippen molar-refractivity contribution < 1.29 is 34.1 Å². The molecule has 112 valence electrons. The van der Waals surface area contributed by atoms with E-state index in [4.69, 9.17) is 5.11 Å². The first-order valence-electron chi connectivity index (χ1n) is 6.28. The van der Waals surface area contributed by atoms with Crippen LogP contribution in [-0.2, 0) is 29.0 Å². The Morgan fingerprint density at radius 2 is 1.90 bits per heavy atom. The minimum absolute atomic E-state index is 0. The number of likely N-dealkylation sites (N-methyl/N-ethyl adjacent to an activating group) is 1. The van der Waals surface area contributed by atoms with Gasteiger partial charge >= 0.3 is 25.4 Å². The maximum Gasteiger partial charge on any atom is 2.00 e. The minimum atomic E-state index is -0.355. The Hall–Kier alpha value is -1.39. The number of benzene rings is 1. The van der Waals surface area contributed by atoms with E-state index in [2.05, 4.69) is 10.1 Å². The fourth-order valence-electron chi connectivity index (χ4n) is 1.13. The molecule has 5 nitrogen and oxygen atoms in total. The standard InChI is InChI=1S/C9H18N2O2.C6H6O.Zn/c1-8(7-9(12)13-4)10-5-6-11(2)3;7-6-4-2-1-3-5-6;/h7H,5-6H2,1-4H3,(H,10,12);1-5,7H;/q;;+2/p-1. The Kier molecular flexibility index (Phi) is 14.2. The van der Waals surface area contributed by atoms with E-state index in [1.54, 1.807) is 31.2 Å². The van der Waals surface area contributed by atoms with Crippen molar-refractivity contribution in [3.63, 3.8) is 0 Å². The first-order valence-corrected chi connectivity index (χ1v) is 6.28. The van der Waals surface area contributed by atoms with Crippen LogP contribution >= 0.6 is 0 Å². The second-order valence-electron chi connectivity index (χ2n) is 4.33. The van der Waals surface area contributed by atoms with Gasteiger partial charge in [0.05, 0.1) is 7.11 Å². The summed E-state index contributed by atoms with van der Waals surface area (Å²) in [6, 6.07) is 8.71. The van der Waals surface area contributed by atoms with Crippen LogP contribution in [0.3, 0.4) is 0 Å². The number of hydrogen-bond donors (Lipinski definition) is 1. The molecule has 0 bridgehead atoms. The average Bonchev–Trinajstić information content (AvgIpc) is 2.39.